The Balaban J connectivity index is 0. The zero-order valence-corrected chi connectivity index (χ0v) is 7.22. The molecule has 0 atom stereocenters. The largest absolute Gasteiger partial charge is 0.344 e. The van der Waals surface area contributed by atoms with Gasteiger partial charge in [-0.1, -0.05) is 0 Å². The summed E-state index contributed by atoms with van der Waals surface area (Å²) in [4.78, 5) is 0. The van der Waals surface area contributed by atoms with Crippen LogP contribution in [-0.4, -0.2) is 23.3 Å². The molecule has 0 heterocycles. The second kappa shape index (κ2) is 3.92. The molecule has 0 aliphatic carbocycles. The molecule has 7 heavy (non-hydrogen) atoms. The fourth-order valence-corrected chi connectivity index (χ4v) is 0. The number of hydrogen-bond donors (Lipinski definition) is 2. The monoisotopic (exact) mass is 181 g/mol. The Kier molecular flexibility index (Phi) is 6.10. The van der Waals surface area contributed by atoms with Crippen LogP contribution in [0.25, 0.3) is 0 Å². The van der Waals surface area contributed by atoms with E-state index in [4.69, 9.17) is 10.2 Å². The molecule has 0 rings (SSSR count). The van der Waals surface area contributed by atoms with Crippen LogP contribution in [0.1, 0.15) is 6.92 Å². The molecule has 0 aliphatic rings. The van der Waals surface area contributed by atoms with E-state index in [9.17, 15) is 0 Å². The Bertz CT molecular complexity index is 39.9. The first-order valence-electron chi connectivity index (χ1n) is 1.56. The van der Waals surface area contributed by atoms with Crippen molar-refractivity contribution in [3.8, 4) is 0 Å². The molecular weight excluding hydrogens is 173 g/mol. The van der Waals surface area contributed by atoms with Crippen molar-refractivity contribution in [1.29, 1.82) is 0 Å². The van der Waals surface area contributed by atoms with Crippen LogP contribution in [0.5, 0.6) is 0 Å². The molecular formula is C3H8O3Y. The van der Waals surface area contributed by atoms with Gasteiger partial charge in [-0.15, -0.1) is 0 Å². The Morgan fingerprint density at radius 2 is 1.57 bits per heavy atom. The molecule has 0 fully saturated rings. The molecule has 4 heteroatoms. The van der Waals surface area contributed by atoms with E-state index in [0.717, 1.165) is 6.92 Å². The van der Waals surface area contributed by atoms with Gasteiger partial charge in [-0.2, -0.15) is 0 Å². The van der Waals surface area contributed by atoms with Crippen molar-refractivity contribution >= 4 is 0 Å². The third-order valence-electron chi connectivity index (χ3n) is 0.387. The van der Waals surface area contributed by atoms with Crippen molar-refractivity contribution in [2.45, 2.75) is 12.9 Å². The fraction of sp³-hybridized carbons (Fsp3) is 1.00. The van der Waals surface area contributed by atoms with Crippen LogP contribution in [0.2, 0.25) is 0 Å². The second-order valence-corrected chi connectivity index (χ2v) is 1.14. The molecule has 0 aromatic rings. The molecule has 0 unspecified atom stereocenters. The van der Waals surface area contributed by atoms with E-state index in [1.807, 2.05) is 0 Å². The van der Waals surface area contributed by atoms with Gasteiger partial charge >= 0.3 is 0 Å². The minimum absolute atomic E-state index is 0. The average Bonchev–Trinajstić information content (AvgIpc) is 1.35. The summed E-state index contributed by atoms with van der Waals surface area (Å²) in [7, 11) is 1.21. The molecule has 0 saturated heterocycles. The molecule has 2 N–H and O–H groups in total. The van der Waals surface area contributed by atoms with Gasteiger partial charge in [-0.25, -0.2) is 0 Å². The van der Waals surface area contributed by atoms with E-state index in [0.29, 0.717) is 0 Å². The summed E-state index contributed by atoms with van der Waals surface area (Å²) in [5.74, 6) is -1.96. The number of rotatable bonds is 1. The third-order valence-corrected chi connectivity index (χ3v) is 0.387. The molecule has 0 aliphatic heterocycles. The first-order valence-corrected chi connectivity index (χ1v) is 1.56. The molecule has 0 aromatic carbocycles. The molecule has 0 aromatic heterocycles. The predicted octanol–water partition coefficient (Wildman–Crippen LogP) is -0.711. The van der Waals surface area contributed by atoms with E-state index >= 15 is 0 Å². The summed E-state index contributed by atoms with van der Waals surface area (Å²) in [5, 5.41) is 16.3. The van der Waals surface area contributed by atoms with Crippen LogP contribution >= 0.6 is 0 Å². The zero-order chi connectivity index (χ0) is 5.21. The van der Waals surface area contributed by atoms with E-state index in [-0.39, 0.29) is 32.7 Å². The maximum absolute atomic E-state index is 8.16. The van der Waals surface area contributed by atoms with Gasteiger partial charge in [0.15, 0.2) is 0 Å². The molecule has 0 saturated carbocycles. The summed E-state index contributed by atoms with van der Waals surface area (Å²) < 4.78 is 4.05. The van der Waals surface area contributed by atoms with Crippen molar-refractivity contribution in [2.75, 3.05) is 7.11 Å². The summed E-state index contributed by atoms with van der Waals surface area (Å²) in [5.41, 5.74) is 0. The smallest absolute Gasteiger partial charge is 0.274 e. The SMILES string of the molecule is COC(C)(O)O.[Y]. The second-order valence-electron chi connectivity index (χ2n) is 1.14. The first kappa shape index (κ1) is 10.9. The average molecular weight is 181 g/mol. The van der Waals surface area contributed by atoms with Crippen molar-refractivity contribution in [3.63, 3.8) is 0 Å². The Morgan fingerprint density at radius 3 is 1.57 bits per heavy atom. The molecule has 0 spiro atoms. The predicted molar refractivity (Wildman–Crippen MR) is 19.9 cm³/mol. The molecule has 41 valence electrons. The van der Waals surface area contributed by atoms with Gasteiger partial charge in [0.05, 0.1) is 0 Å². The van der Waals surface area contributed by atoms with Gasteiger partial charge in [-0.3, -0.25) is 0 Å². The number of hydrogen-bond acceptors (Lipinski definition) is 3. The van der Waals surface area contributed by atoms with E-state index in [1.165, 1.54) is 7.11 Å². The Hall–Kier alpha value is 0.984. The quantitative estimate of drug-likeness (QED) is 0.525. The molecule has 0 bridgehead atoms. The third kappa shape index (κ3) is 10.9. The van der Waals surface area contributed by atoms with Gasteiger partial charge in [0, 0.05) is 46.7 Å². The zero-order valence-electron chi connectivity index (χ0n) is 4.38. The molecule has 0 amide bonds. The first-order chi connectivity index (χ1) is 2.56. The van der Waals surface area contributed by atoms with Gasteiger partial charge < -0.3 is 14.9 Å². The van der Waals surface area contributed by atoms with Gasteiger partial charge in [0.1, 0.15) is 0 Å². The van der Waals surface area contributed by atoms with Crippen LogP contribution in [0.4, 0.5) is 0 Å². The summed E-state index contributed by atoms with van der Waals surface area (Å²) in [6.45, 7) is 1.13. The Labute approximate surface area is 67.6 Å². The van der Waals surface area contributed by atoms with Crippen LogP contribution in [0.3, 0.4) is 0 Å². The normalized spacial score (nSPS) is 10.3. The summed E-state index contributed by atoms with van der Waals surface area (Å²) in [6, 6.07) is 0. The summed E-state index contributed by atoms with van der Waals surface area (Å²) >= 11 is 0. The topological polar surface area (TPSA) is 49.7 Å². The number of methoxy groups -OCH3 is 1. The van der Waals surface area contributed by atoms with E-state index in [2.05, 4.69) is 4.74 Å². The van der Waals surface area contributed by atoms with Crippen molar-refractivity contribution in [3.05, 3.63) is 0 Å². The maximum Gasteiger partial charge on any atom is 0.274 e. The van der Waals surface area contributed by atoms with Crippen molar-refractivity contribution in [2.24, 2.45) is 0 Å². The molecule has 1 radical (unpaired) electrons. The van der Waals surface area contributed by atoms with Crippen LogP contribution in [0.15, 0.2) is 0 Å². The fourth-order valence-electron chi connectivity index (χ4n) is 0. The van der Waals surface area contributed by atoms with Gasteiger partial charge in [0.2, 0.25) is 0 Å². The molecule has 3 nitrogen and oxygen atoms in total. The van der Waals surface area contributed by atoms with Crippen LogP contribution < -0.4 is 0 Å². The minimum atomic E-state index is -1.96. The van der Waals surface area contributed by atoms with Crippen LogP contribution in [-0.2, 0) is 37.4 Å². The van der Waals surface area contributed by atoms with Crippen molar-refractivity contribution in [1.82, 2.24) is 0 Å². The number of aliphatic hydroxyl groups is 2. The number of ether oxygens (including phenoxy) is 1. The maximum atomic E-state index is 8.16. The van der Waals surface area contributed by atoms with Crippen molar-refractivity contribution < 1.29 is 47.7 Å². The van der Waals surface area contributed by atoms with E-state index < -0.39 is 5.97 Å². The minimum Gasteiger partial charge on any atom is -0.344 e. The Morgan fingerprint density at radius 1 is 1.43 bits per heavy atom. The van der Waals surface area contributed by atoms with E-state index in [1.54, 1.807) is 0 Å². The van der Waals surface area contributed by atoms with Gasteiger partial charge in [0.25, 0.3) is 5.97 Å². The summed E-state index contributed by atoms with van der Waals surface area (Å²) in [6.07, 6.45) is 0. The van der Waals surface area contributed by atoms with Gasteiger partial charge in [-0.05, 0) is 0 Å². The van der Waals surface area contributed by atoms with Crippen LogP contribution in [0, 0.1) is 0 Å². The standard InChI is InChI=1S/C3H8O3.Y/c1-3(4,5)6-2;/h4-5H,1-2H3;.